The Kier molecular flexibility index (Phi) is 7.01. The van der Waals surface area contributed by atoms with Crippen LogP contribution in [-0.2, 0) is 21.4 Å². The molecule has 0 fully saturated rings. The standard InChI is InChI=1S/C28H24N4O2/c1-28(2)23-7-5-6-8-24(23)32(3)25(28)14-13-21(16-29)27(22(17-30)18-31)20-11-9-19(10-12-20)15-26(33)34-4/h5-14H,15H2,1-4H3/b21-13+,25-14+. The lowest BCUT2D eigenvalue weighted by Crippen LogP contribution is -2.22. The molecule has 0 N–H and O–H groups in total. The molecule has 0 amide bonds. The van der Waals surface area contributed by atoms with Gasteiger partial charge in [0.25, 0.3) is 0 Å². The number of anilines is 1. The maximum atomic E-state index is 11.5. The topological polar surface area (TPSA) is 101 Å². The lowest BCUT2D eigenvalue weighted by molar-refractivity contribution is -0.139. The van der Waals surface area contributed by atoms with Gasteiger partial charge in [-0.05, 0) is 34.9 Å². The first-order chi connectivity index (χ1) is 16.3. The highest BCUT2D eigenvalue weighted by Crippen LogP contribution is 2.46. The van der Waals surface area contributed by atoms with E-state index >= 15 is 0 Å². The van der Waals surface area contributed by atoms with E-state index in [-0.39, 0.29) is 34.5 Å². The average Bonchev–Trinajstić information content (AvgIpc) is 3.04. The lowest BCUT2D eigenvalue weighted by Gasteiger charge is -2.23. The van der Waals surface area contributed by atoms with Crippen LogP contribution in [0.3, 0.4) is 0 Å². The third-order valence-corrected chi connectivity index (χ3v) is 6.03. The molecule has 1 aliphatic rings. The summed E-state index contributed by atoms with van der Waals surface area (Å²) >= 11 is 0. The van der Waals surface area contributed by atoms with E-state index in [1.807, 2.05) is 37.4 Å². The van der Waals surface area contributed by atoms with Crippen molar-refractivity contribution in [3.8, 4) is 18.2 Å². The summed E-state index contributed by atoms with van der Waals surface area (Å²) in [5, 5.41) is 29.1. The molecule has 0 atom stereocenters. The predicted molar refractivity (Wildman–Crippen MR) is 130 cm³/mol. The zero-order valence-electron chi connectivity index (χ0n) is 19.6. The van der Waals surface area contributed by atoms with Crippen LogP contribution in [0.5, 0.6) is 0 Å². The number of hydrogen-bond acceptors (Lipinski definition) is 6. The van der Waals surface area contributed by atoms with E-state index < -0.39 is 0 Å². The maximum absolute atomic E-state index is 11.5. The highest BCUT2D eigenvalue weighted by molar-refractivity contribution is 5.89. The molecule has 168 valence electrons. The van der Waals surface area contributed by atoms with Crippen LogP contribution in [0.2, 0.25) is 0 Å². The molecule has 1 heterocycles. The molecule has 34 heavy (non-hydrogen) atoms. The molecule has 0 aliphatic carbocycles. The van der Waals surface area contributed by atoms with Gasteiger partial charge in [-0.25, -0.2) is 0 Å². The van der Waals surface area contributed by atoms with Gasteiger partial charge in [-0.2, -0.15) is 15.8 Å². The fourth-order valence-corrected chi connectivity index (χ4v) is 4.24. The smallest absolute Gasteiger partial charge is 0.309 e. The van der Waals surface area contributed by atoms with Gasteiger partial charge in [0.15, 0.2) is 0 Å². The van der Waals surface area contributed by atoms with Gasteiger partial charge in [-0.15, -0.1) is 0 Å². The minimum Gasteiger partial charge on any atom is -0.469 e. The second kappa shape index (κ2) is 9.90. The molecule has 2 aromatic rings. The SMILES string of the molecule is COC(=O)Cc1ccc(C(=C(C#N)C#N)/C(C#N)=C/C=C2/N(C)c3ccccc3C2(C)C)cc1. The largest absolute Gasteiger partial charge is 0.469 e. The van der Waals surface area contributed by atoms with Crippen molar-refractivity contribution in [3.63, 3.8) is 0 Å². The van der Waals surface area contributed by atoms with Gasteiger partial charge in [0.2, 0.25) is 0 Å². The first-order valence-electron chi connectivity index (χ1n) is 10.6. The van der Waals surface area contributed by atoms with E-state index in [1.165, 1.54) is 12.7 Å². The molecule has 2 aromatic carbocycles. The van der Waals surface area contributed by atoms with Crippen molar-refractivity contribution < 1.29 is 9.53 Å². The van der Waals surface area contributed by atoms with Crippen LogP contribution >= 0.6 is 0 Å². The summed E-state index contributed by atoms with van der Waals surface area (Å²) in [6, 6.07) is 20.9. The quantitative estimate of drug-likeness (QED) is 0.364. The fourth-order valence-electron chi connectivity index (χ4n) is 4.24. The van der Waals surface area contributed by atoms with Crippen LogP contribution < -0.4 is 4.90 Å². The minimum atomic E-state index is -0.369. The van der Waals surface area contributed by atoms with E-state index in [9.17, 15) is 20.6 Å². The number of allylic oxidation sites excluding steroid dienone is 6. The summed E-state index contributed by atoms with van der Waals surface area (Å²) in [7, 11) is 3.30. The zero-order chi connectivity index (χ0) is 24.9. The summed E-state index contributed by atoms with van der Waals surface area (Å²) in [5.74, 6) is -0.369. The summed E-state index contributed by atoms with van der Waals surface area (Å²) < 4.78 is 4.69. The molecular formula is C28H24N4O2. The highest BCUT2D eigenvalue weighted by Gasteiger charge is 2.37. The van der Waals surface area contributed by atoms with Crippen molar-refractivity contribution in [3.05, 3.63) is 94.2 Å². The first-order valence-corrected chi connectivity index (χ1v) is 10.6. The van der Waals surface area contributed by atoms with Crippen LogP contribution in [0, 0.1) is 34.0 Å². The van der Waals surface area contributed by atoms with Crippen molar-refractivity contribution in [1.29, 1.82) is 15.8 Å². The predicted octanol–water partition coefficient (Wildman–Crippen LogP) is 4.96. The second-order valence-electron chi connectivity index (χ2n) is 8.37. The molecule has 0 saturated heterocycles. The van der Waals surface area contributed by atoms with Crippen molar-refractivity contribution in [2.24, 2.45) is 0 Å². The van der Waals surface area contributed by atoms with Crippen LogP contribution in [0.1, 0.15) is 30.5 Å². The molecule has 0 unspecified atom stereocenters. The monoisotopic (exact) mass is 448 g/mol. The Labute approximate surface area is 199 Å². The Balaban J connectivity index is 2.08. The third kappa shape index (κ3) is 4.46. The number of nitriles is 3. The van der Waals surface area contributed by atoms with Crippen LogP contribution in [-0.4, -0.2) is 20.1 Å². The number of para-hydroxylation sites is 1. The number of hydrogen-bond donors (Lipinski definition) is 0. The van der Waals surface area contributed by atoms with Gasteiger partial charge in [0.1, 0.15) is 17.7 Å². The Hall–Kier alpha value is -4.60. The Bertz CT molecular complexity index is 1320. The molecule has 6 heteroatoms. The molecule has 1 aliphatic heterocycles. The minimum absolute atomic E-state index is 0.105. The number of ether oxygens (including phenoxy) is 1. The number of esters is 1. The molecule has 0 radical (unpaired) electrons. The molecule has 6 nitrogen and oxygen atoms in total. The molecule has 0 aromatic heterocycles. The Morgan fingerprint density at radius 3 is 2.24 bits per heavy atom. The second-order valence-corrected chi connectivity index (χ2v) is 8.37. The van der Waals surface area contributed by atoms with Gasteiger partial charge in [-0.3, -0.25) is 4.79 Å². The molecule has 0 saturated carbocycles. The Morgan fingerprint density at radius 2 is 1.68 bits per heavy atom. The van der Waals surface area contributed by atoms with Crippen molar-refractivity contribution >= 4 is 17.2 Å². The number of carbonyl (C=O) groups is 1. The van der Waals surface area contributed by atoms with Gasteiger partial charge >= 0.3 is 5.97 Å². The molecule has 0 spiro atoms. The van der Waals surface area contributed by atoms with Crippen LogP contribution in [0.25, 0.3) is 5.57 Å². The summed E-state index contributed by atoms with van der Waals surface area (Å²) in [5.41, 5.74) is 4.55. The molecular weight excluding hydrogens is 424 g/mol. The van der Waals surface area contributed by atoms with E-state index in [0.29, 0.717) is 5.56 Å². The van der Waals surface area contributed by atoms with E-state index in [2.05, 4.69) is 36.9 Å². The van der Waals surface area contributed by atoms with Crippen LogP contribution in [0.4, 0.5) is 5.69 Å². The normalized spacial score (nSPS) is 15.0. The number of benzene rings is 2. The number of nitrogens with zero attached hydrogens (tertiary/aromatic N) is 4. The van der Waals surface area contributed by atoms with Crippen molar-refractivity contribution in [1.82, 2.24) is 0 Å². The summed E-state index contributed by atoms with van der Waals surface area (Å²) in [6.07, 6.45) is 3.64. The van der Waals surface area contributed by atoms with Gasteiger partial charge in [0.05, 0.1) is 25.2 Å². The molecule has 3 rings (SSSR count). The zero-order valence-corrected chi connectivity index (χ0v) is 19.6. The number of rotatable bonds is 5. The van der Waals surface area contributed by atoms with E-state index in [4.69, 9.17) is 4.74 Å². The third-order valence-electron chi connectivity index (χ3n) is 6.03. The average molecular weight is 449 g/mol. The maximum Gasteiger partial charge on any atom is 0.309 e. The summed E-state index contributed by atoms with van der Waals surface area (Å²) in [6.45, 7) is 4.24. The van der Waals surface area contributed by atoms with E-state index in [0.717, 1.165) is 16.9 Å². The number of methoxy groups -OCH3 is 1. The molecule has 0 bridgehead atoms. The van der Waals surface area contributed by atoms with Gasteiger partial charge < -0.3 is 9.64 Å². The fraction of sp³-hybridized carbons (Fsp3) is 0.214. The first kappa shape index (κ1) is 24.1. The Morgan fingerprint density at radius 1 is 1.03 bits per heavy atom. The highest BCUT2D eigenvalue weighted by atomic mass is 16.5. The summed E-state index contributed by atoms with van der Waals surface area (Å²) in [4.78, 5) is 13.6. The van der Waals surface area contributed by atoms with E-state index in [1.54, 1.807) is 30.3 Å². The van der Waals surface area contributed by atoms with Gasteiger partial charge in [0, 0.05) is 29.4 Å². The number of carbonyl (C=O) groups excluding carboxylic acids is 1. The van der Waals surface area contributed by atoms with Crippen molar-refractivity contribution in [2.75, 3.05) is 19.1 Å². The van der Waals surface area contributed by atoms with Crippen molar-refractivity contribution in [2.45, 2.75) is 25.7 Å². The lowest BCUT2D eigenvalue weighted by atomic mass is 9.83. The number of fused-ring (bicyclic) bond motifs is 1. The van der Waals surface area contributed by atoms with Crippen LogP contribution in [0.15, 0.2) is 77.5 Å². The number of likely N-dealkylation sites (N-methyl/N-ethyl adjacent to an activating group) is 1. The van der Waals surface area contributed by atoms with Gasteiger partial charge in [-0.1, -0.05) is 56.3 Å².